The molecule has 0 bridgehead atoms. The van der Waals surface area contributed by atoms with E-state index in [1.54, 1.807) is 0 Å². The third kappa shape index (κ3) is 3.23. The molecule has 2 N–H and O–H groups in total. The predicted molar refractivity (Wildman–Crippen MR) is 89.7 cm³/mol. The zero-order valence-electron chi connectivity index (χ0n) is 12.7. The third-order valence-electron chi connectivity index (χ3n) is 3.68. The number of para-hydroxylation sites is 1. The predicted octanol–water partition coefficient (Wildman–Crippen LogP) is 2.79. The Morgan fingerprint density at radius 1 is 1.09 bits per heavy atom. The number of amides is 1. The van der Waals surface area contributed by atoms with Gasteiger partial charge in [-0.25, -0.2) is 4.79 Å². The maximum atomic E-state index is 12.5. The molecular formula is C18H17N3O2. The van der Waals surface area contributed by atoms with Gasteiger partial charge in [0.05, 0.1) is 6.54 Å². The highest BCUT2D eigenvalue weighted by Crippen LogP contribution is 2.14. The second kappa shape index (κ2) is 6.36. The van der Waals surface area contributed by atoms with Gasteiger partial charge in [-0.05, 0) is 24.1 Å². The van der Waals surface area contributed by atoms with Gasteiger partial charge in [-0.15, -0.1) is 0 Å². The monoisotopic (exact) mass is 307 g/mol. The Labute approximate surface area is 133 Å². The molecule has 0 fully saturated rings. The molecule has 1 amide bonds. The number of nitrogens with one attached hydrogen (secondary N) is 2. The van der Waals surface area contributed by atoms with E-state index in [2.05, 4.69) is 10.3 Å². The summed E-state index contributed by atoms with van der Waals surface area (Å²) in [6, 6.07) is 17.1. The van der Waals surface area contributed by atoms with Gasteiger partial charge in [0.15, 0.2) is 0 Å². The summed E-state index contributed by atoms with van der Waals surface area (Å²) in [6.07, 6.45) is 1.44. The highest BCUT2D eigenvalue weighted by atomic mass is 16.2. The molecule has 5 heteroatoms. The van der Waals surface area contributed by atoms with Crippen molar-refractivity contribution in [3.8, 4) is 0 Å². The van der Waals surface area contributed by atoms with Crippen molar-refractivity contribution in [3.05, 3.63) is 88.1 Å². The number of anilines is 1. The zero-order chi connectivity index (χ0) is 16.2. The van der Waals surface area contributed by atoms with Crippen molar-refractivity contribution in [1.82, 2.24) is 9.55 Å². The molecule has 116 valence electrons. The Bertz CT molecular complexity index is 879. The summed E-state index contributed by atoms with van der Waals surface area (Å²) in [5.41, 5.74) is 2.66. The first-order valence-corrected chi connectivity index (χ1v) is 7.34. The Balaban J connectivity index is 1.87. The van der Waals surface area contributed by atoms with Crippen molar-refractivity contribution >= 4 is 11.6 Å². The smallest absolute Gasteiger partial charge is 0.320 e. The van der Waals surface area contributed by atoms with Crippen LogP contribution in [0.25, 0.3) is 0 Å². The molecule has 5 nitrogen and oxygen atoms in total. The highest BCUT2D eigenvalue weighted by Gasteiger charge is 2.15. The molecule has 3 aromatic rings. The molecule has 0 spiro atoms. The lowest BCUT2D eigenvalue weighted by molar-refractivity contribution is 0.101. The van der Waals surface area contributed by atoms with Crippen LogP contribution in [0.2, 0.25) is 0 Å². The van der Waals surface area contributed by atoms with Crippen molar-refractivity contribution in [1.29, 1.82) is 0 Å². The number of imidazole rings is 1. The summed E-state index contributed by atoms with van der Waals surface area (Å²) in [7, 11) is 0. The van der Waals surface area contributed by atoms with E-state index in [1.165, 1.54) is 10.8 Å². The minimum atomic E-state index is -0.311. The van der Waals surface area contributed by atoms with E-state index in [0.29, 0.717) is 12.2 Å². The molecule has 2 aromatic carbocycles. The van der Waals surface area contributed by atoms with Crippen molar-refractivity contribution in [2.24, 2.45) is 0 Å². The molecule has 0 radical (unpaired) electrons. The van der Waals surface area contributed by atoms with E-state index in [1.807, 2.05) is 61.5 Å². The fraction of sp³-hybridized carbons (Fsp3) is 0.111. The number of carbonyl (C=O) groups excluding carboxylic acids is 1. The average molecular weight is 307 g/mol. The second-order valence-corrected chi connectivity index (χ2v) is 5.32. The fourth-order valence-corrected chi connectivity index (χ4v) is 2.41. The number of nitrogens with zero attached hydrogens (tertiary/aromatic N) is 1. The number of H-pyrrole nitrogens is 1. The minimum absolute atomic E-state index is 0.302. The lowest BCUT2D eigenvalue weighted by Crippen LogP contribution is -2.24. The van der Waals surface area contributed by atoms with E-state index in [9.17, 15) is 9.59 Å². The number of aryl methyl sites for hydroxylation is 1. The van der Waals surface area contributed by atoms with Crippen LogP contribution in [-0.2, 0) is 6.54 Å². The van der Waals surface area contributed by atoms with E-state index >= 15 is 0 Å². The van der Waals surface area contributed by atoms with E-state index in [-0.39, 0.29) is 11.6 Å². The molecule has 3 rings (SSSR count). The van der Waals surface area contributed by atoms with Crippen LogP contribution in [0.3, 0.4) is 0 Å². The Kier molecular flexibility index (Phi) is 4.10. The van der Waals surface area contributed by atoms with Crippen LogP contribution >= 0.6 is 0 Å². The van der Waals surface area contributed by atoms with Gasteiger partial charge in [0.2, 0.25) is 0 Å². The van der Waals surface area contributed by atoms with Crippen LogP contribution in [0.5, 0.6) is 0 Å². The number of rotatable bonds is 4. The molecule has 0 saturated heterocycles. The lowest BCUT2D eigenvalue weighted by atomic mass is 10.2. The number of aromatic nitrogens is 2. The van der Waals surface area contributed by atoms with Crippen LogP contribution in [0.1, 0.15) is 21.6 Å². The normalized spacial score (nSPS) is 10.5. The summed E-state index contributed by atoms with van der Waals surface area (Å²) < 4.78 is 1.43. The maximum Gasteiger partial charge on any atom is 0.326 e. The van der Waals surface area contributed by atoms with Gasteiger partial charge >= 0.3 is 5.69 Å². The quantitative estimate of drug-likeness (QED) is 0.778. The van der Waals surface area contributed by atoms with Crippen molar-refractivity contribution < 1.29 is 4.79 Å². The van der Waals surface area contributed by atoms with E-state index < -0.39 is 0 Å². The van der Waals surface area contributed by atoms with Gasteiger partial charge < -0.3 is 10.3 Å². The summed E-state index contributed by atoms with van der Waals surface area (Å²) in [6.45, 7) is 2.27. The van der Waals surface area contributed by atoms with E-state index in [4.69, 9.17) is 0 Å². The largest absolute Gasteiger partial charge is 0.326 e. The zero-order valence-corrected chi connectivity index (χ0v) is 12.7. The second-order valence-electron chi connectivity index (χ2n) is 5.32. The number of hydrogen-bond donors (Lipinski definition) is 2. The summed E-state index contributed by atoms with van der Waals surface area (Å²) >= 11 is 0. The number of aromatic amines is 1. The van der Waals surface area contributed by atoms with Gasteiger partial charge in [0.1, 0.15) is 5.69 Å². The van der Waals surface area contributed by atoms with Crippen molar-refractivity contribution in [3.63, 3.8) is 0 Å². The van der Waals surface area contributed by atoms with Gasteiger partial charge in [0, 0.05) is 11.9 Å². The third-order valence-corrected chi connectivity index (χ3v) is 3.68. The first kappa shape index (κ1) is 14.8. The molecule has 23 heavy (non-hydrogen) atoms. The lowest BCUT2D eigenvalue weighted by Gasteiger charge is -2.10. The maximum absolute atomic E-state index is 12.5. The minimum Gasteiger partial charge on any atom is -0.320 e. The highest BCUT2D eigenvalue weighted by molar-refractivity contribution is 6.03. The Morgan fingerprint density at radius 2 is 1.78 bits per heavy atom. The number of carbonyl (C=O) groups is 1. The van der Waals surface area contributed by atoms with E-state index in [0.717, 1.165) is 16.8 Å². The molecular weight excluding hydrogens is 290 g/mol. The fourth-order valence-electron chi connectivity index (χ4n) is 2.41. The Morgan fingerprint density at radius 3 is 2.52 bits per heavy atom. The molecule has 0 unspecified atom stereocenters. The SMILES string of the molecule is Cc1ccccc1NC(=O)c1c[nH]c(=O)n1Cc1ccccc1. The van der Waals surface area contributed by atoms with Gasteiger partial charge in [-0.1, -0.05) is 48.5 Å². The molecule has 0 saturated carbocycles. The Hall–Kier alpha value is -3.08. The summed E-state index contributed by atoms with van der Waals surface area (Å²) in [5, 5.41) is 2.85. The standard InChI is InChI=1S/C18H17N3O2/c1-13-7-5-6-10-15(13)20-17(22)16-11-19-18(23)21(16)12-14-8-3-2-4-9-14/h2-11H,12H2,1H3,(H,19,23)(H,20,22). The topological polar surface area (TPSA) is 66.9 Å². The van der Waals surface area contributed by atoms with Gasteiger partial charge in [-0.2, -0.15) is 0 Å². The molecule has 0 aliphatic rings. The molecule has 0 atom stereocenters. The molecule has 1 heterocycles. The van der Waals surface area contributed by atoms with Crippen LogP contribution in [0.15, 0.2) is 65.6 Å². The molecule has 0 aliphatic heterocycles. The van der Waals surface area contributed by atoms with Crippen LogP contribution in [-0.4, -0.2) is 15.5 Å². The summed E-state index contributed by atoms with van der Waals surface area (Å²) in [5.74, 6) is -0.311. The summed E-state index contributed by atoms with van der Waals surface area (Å²) in [4.78, 5) is 27.1. The van der Waals surface area contributed by atoms with Crippen LogP contribution in [0, 0.1) is 6.92 Å². The number of hydrogen-bond acceptors (Lipinski definition) is 2. The number of benzene rings is 2. The average Bonchev–Trinajstić information content (AvgIpc) is 2.92. The first-order valence-electron chi connectivity index (χ1n) is 7.34. The van der Waals surface area contributed by atoms with Crippen LogP contribution < -0.4 is 11.0 Å². The van der Waals surface area contributed by atoms with Crippen molar-refractivity contribution in [2.75, 3.05) is 5.32 Å². The van der Waals surface area contributed by atoms with Crippen molar-refractivity contribution in [2.45, 2.75) is 13.5 Å². The molecule has 0 aliphatic carbocycles. The first-order chi connectivity index (χ1) is 11.1. The molecule has 1 aromatic heterocycles. The van der Waals surface area contributed by atoms with Gasteiger partial charge in [-0.3, -0.25) is 9.36 Å². The van der Waals surface area contributed by atoms with Crippen LogP contribution in [0.4, 0.5) is 5.69 Å². The van der Waals surface area contributed by atoms with Gasteiger partial charge in [0.25, 0.3) is 5.91 Å².